The molecule has 1 aliphatic rings. The van der Waals surface area contributed by atoms with Crippen LogP contribution in [0.25, 0.3) is 0 Å². The van der Waals surface area contributed by atoms with Crippen LogP contribution in [0.3, 0.4) is 0 Å². The summed E-state index contributed by atoms with van der Waals surface area (Å²) in [6.45, 7) is 2.79. The minimum Gasteiger partial charge on any atom is -0.383 e. The number of rotatable bonds is 6. The summed E-state index contributed by atoms with van der Waals surface area (Å²) in [5.74, 6) is 0.290. The average Bonchev–Trinajstić information content (AvgIpc) is 2.45. The summed E-state index contributed by atoms with van der Waals surface area (Å²) in [6.07, 6.45) is -1.71. The summed E-state index contributed by atoms with van der Waals surface area (Å²) >= 11 is 0. The van der Waals surface area contributed by atoms with Gasteiger partial charge in [-0.25, -0.2) is 0 Å². The van der Waals surface area contributed by atoms with Crippen LogP contribution in [0, 0.1) is 0 Å². The Balaban J connectivity index is 2.12. The molecule has 0 spiro atoms. The number of hydrogen-bond acceptors (Lipinski definition) is 2. The summed E-state index contributed by atoms with van der Waals surface area (Å²) in [5, 5.41) is 3.01. The lowest BCUT2D eigenvalue weighted by molar-refractivity contribution is -0.137. The lowest BCUT2D eigenvalue weighted by Crippen LogP contribution is -2.43. The van der Waals surface area contributed by atoms with E-state index in [1.165, 1.54) is 12.1 Å². The van der Waals surface area contributed by atoms with Gasteiger partial charge < -0.3 is 15.8 Å². The van der Waals surface area contributed by atoms with Crippen molar-refractivity contribution in [3.63, 3.8) is 0 Å². The van der Waals surface area contributed by atoms with Crippen molar-refractivity contribution in [3.8, 4) is 0 Å². The van der Waals surface area contributed by atoms with Crippen LogP contribution >= 0.6 is 0 Å². The molecule has 2 rings (SSSR count). The first-order valence-corrected chi connectivity index (χ1v) is 8.00. The molecule has 4 nitrogen and oxygen atoms in total. The molecule has 1 atom stereocenters. The van der Waals surface area contributed by atoms with Crippen molar-refractivity contribution in [3.05, 3.63) is 35.4 Å². The Morgan fingerprint density at radius 3 is 2.67 bits per heavy atom. The molecule has 0 radical (unpaired) electrons. The molecule has 24 heavy (non-hydrogen) atoms. The average molecular weight is 343 g/mol. The summed E-state index contributed by atoms with van der Waals surface area (Å²) < 4.78 is 43.8. The van der Waals surface area contributed by atoms with Gasteiger partial charge >= 0.3 is 6.18 Å². The molecule has 1 fully saturated rings. The van der Waals surface area contributed by atoms with Gasteiger partial charge in [0, 0.05) is 18.6 Å². The van der Waals surface area contributed by atoms with E-state index in [9.17, 15) is 13.2 Å². The van der Waals surface area contributed by atoms with Gasteiger partial charge in [-0.1, -0.05) is 24.6 Å². The van der Waals surface area contributed by atoms with Crippen LogP contribution in [0.4, 0.5) is 13.2 Å². The maximum absolute atomic E-state index is 12.9. The van der Waals surface area contributed by atoms with E-state index in [4.69, 9.17) is 10.5 Å². The maximum atomic E-state index is 12.9. The van der Waals surface area contributed by atoms with E-state index < -0.39 is 11.7 Å². The lowest BCUT2D eigenvalue weighted by Gasteiger charge is -2.41. The fraction of sp³-hybridized carbons (Fsp3) is 0.588. The summed E-state index contributed by atoms with van der Waals surface area (Å²) in [7, 11) is 1.60. The molecule has 1 aliphatic carbocycles. The molecule has 0 aromatic heterocycles. The largest absolute Gasteiger partial charge is 0.416 e. The highest BCUT2D eigenvalue weighted by atomic mass is 19.4. The number of nitrogens with one attached hydrogen (secondary N) is 1. The molecular weight excluding hydrogens is 319 g/mol. The van der Waals surface area contributed by atoms with Crippen molar-refractivity contribution in [1.29, 1.82) is 0 Å². The van der Waals surface area contributed by atoms with Crippen LogP contribution < -0.4 is 11.1 Å². The number of halogens is 3. The van der Waals surface area contributed by atoms with Gasteiger partial charge in [0.25, 0.3) is 0 Å². The third-order valence-corrected chi connectivity index (χ3v) is 4.48. The molecule has 134 valence electrons. The van der Waals surface area contributed by atoms with Crippen LogP contribution in [0.5, 0.6) is 0 Å². The molecular formula is C17H24F3N3O. The molecule has 3 N–H and O–H groups in total. The van der Waals surface area contributed by atoms with Crippen LogP contribution in [-0.2, 0) is 16.3 Å². The van der Waals surface area contributed by atoms with Crippen molar-refractivity contribution in [2.75, 3.05) is 20.3 Å². The summed E-state index contributed by atoms with van der Waals surface area (Å²) in [4.78, 5) is 4.36. The minimum atomic E-state index is -4.33. The van der Waals surface area contributed by atoms with Gasteiger partial charge in [0.1, 0.15) is 0 Å². The van der Waals surface area contributed by atoms with Crippen molar-refractivity contribution in [2.24, 2.45) is 10.7 Å². The second-order valence-electron chi connectivity index (χ2n) is 6.41. The van der Waals surface area contributed by atoms with Gasteiger partial charge in [-0.3, -0.25) is 4.99 Å². The van der Waals surface area contributed by atoms with Gasteiger partial charge in [0.2, 0.25) is 0 Å². The van der Waals surface area contributed by atoms with Crippen LogP contribution in [0.2, 0.25) is 0 Å². The molecule has 0 aliphatic heterocycles. The maximum Gasteiger partial charge on any atom is 0.416 e. The van der Waals surface area contributed by atoms with Crippen LogP contribution in [-0.4, -0.2) is 32.3 Å². The molecule has 7 heteroatoms. The Bertz CT molecular complexity index is 583. The highest BCUT2D eigenvalue weighted by Crippen LogP contribution is 2.45. The third kappa shape index (κ3) is 4.41. The second-order valence-corrected chi connectivity index (χ2v) is 6.41. The Hall–Kier alpha value is -1.76. The Kier molecular flexibility index (Phi) is 5.74. The monoisotopic (exact) mass is 343 g/mol. The van der Waals surface area contributed by atoms with E-state index in [1.54, 1.807) is 13.2 Å². The fourth-order valence-corrected chi connectivity index (χ4v) is 2.99. The van der Waals surface area contributed by atoms with E-state index in [0.717, 1.165) is 25.3 Å². The molecule has 0 bridgehead atoms. The van der Waals surface area contributed by atoms with Gasteiger partial charge in [0.05, 0.1) is 18.7 Å². The lowest BCUT2D eigenvalue weighted by atomic mass is 9.64. The van der Waals surface area contributed by atoms with Crippen LogP contribution in [0.15, 0.2) is 29.3 Å². The number of aliphatic imine (C=N–C) groups is 1. The van der Waals surface area contributed by atoms with Gasteiger partial charge in [-0.15, -0.1) is 0 Å². The number of ether oxygens (including phenoxy) is 1. The van der Waals surface area contributed by atoms with Crippen molar-refractivity contribution in [1.82, 2.24) is 5.32 Å². The van der Waals surface area contributed by atoms with Gasteiger partial charge in [-0.05, 0) is 31.4 Å². The van der Waals surface area contributed by atoms with Crippen molar-refractivity contribution < 1.29 is 17.9 Å². The Labute approximate surface area is 140 Å². The molecule has 0 amide bonds. The zero-order valence-corrected chi connectivity index (χ0v) is 14.0. The number of hydrogen-bond donors (Lipinski definition) is 2. The number of nitrogens with zero attached hydrogens (tertiary/aromatic N) is 1. The quantitative estimate of drug-likeness (QED) is 0.616. The number of nitrogens with two attached hydrogens (primary N) is 1. The van der Waals surface area contributed by atoms with Crippen LogP contribution in [0.1, 0.15) is 37.3 Å². The Morgan fingerprint density at radius 2 is 2.12 bits per heavy atom. The highest BCUT2D eigenvalue weighted by molar-refractivity contribution is 5.78. The molecule has 0 saturated heterocycles. The molecule has 1 saturated carbocycles. The molecule has 1 unspecified atom stereocenters. The first-order valence-electron chi connectivity index (χ1n) is 8.00. The topological polar surface area (TPSA) is 59.6 Å². The molecule has 1 aromatic carbocycles. The SMILES string of the molecule is COCC(C)NC(N)=NCC1(c2cccc(C(F)(F)F)c2)CCC1. The zero-order valence-electron chi connectivity index (χ0n) is 14.0. The number of methoxy groups -OCH3 is 1. The van der Waals surface area contributed by atoms with Gasteiger partial charge in [-0.2, -0.15) is 13.2 Å². The summed E-state index contributed by atoms with van der Waals surface area (Å²) in [6, 6.07) is 5.57. The third-order valence-electron chi connectivity index (χ3n) is 4.48. The highest BCUT2D eigenvalue weighted by Gasteiger charge is 2.40. The predicted molar refractivity (Wildman–Crippen MR) is 87.9 cm³/mol. The van der Waals surface area contributed by atoms with E-state index in [2.05, 4.69) is 10.3 Å². The minimum absolute atomic E-state index is 0.0182. The van der Waals surface area contributed by atoms with E-state index >= 15 is 0 Å². The van der Waals surface area contributed by atoms with E-state index in [1.807, 2.05) is 6.92 Å². The molecule has 0 heterocycles. The number of guanidine groups is 1. The second kappa shape index (κ2) is 7.42. The van der Waals surface area contributed by atoms with Gasteiger partial charge in [0.15, 0.2) is 5.96 Å². The predicted octanol–water partition coefficient (Wildman–Crippen LogP) is 3.07. The van der Waals surface area contributed by atoms with E-state index in [0.29, 0.717) is 18.7 Å². The van der Waals surface area contributed by atoms with Crippen molar-refractivity contribution >= 4 is 5.96 Å². The van der Waals surface area contributed by atoms with E-state index in [-0.39, 0.29) is 17.4 Å². The summed E-state index contributed by atoms with van der Waals surface area (Å²) in [5.41, 5.74) is 5.59. The standard InChI is InChI=1S/C17H24F3N3O/c1-12(10-24-2)23-15(21)22-11-16(7-4-8-16)13-5-3-6-14(9-13)17(18,19)20/h3,5-6,9,12H,4,7-8,10-11H2,1-2H3,(H3,21,22,23). The number of benzene rings is 1. The first-order chi connectivity index (χ1) is 11.3. The molecule has 1 aromatic rings. The Morgan fingerprint density at radius 1 is 1.42 bits per heavy atom. The zero-order chi connectivity index (χ0) is 17.8. The smallest absolute Gasteiger partial charge is 0.383 e. The first kappa shape index (κ1) is 18.6. The normalized spacial score (nSPS) is 18.8. The number of alkyl halides is 3. The van der Waals surface area contributed by atoms with Crippen molar-refractivity contribution in [2.45, 2.75) is 43.8 Å². The fourth-order valence-electron chi connectivity index (χ4n) is 2.99.